The molecule has 0 bridgehead atoms. The lowest BCUT2D eigenvalue weighted by atomic mass is 9.77. The van der Waals surface area contributed by atoms with Crippen LogP contribution < -0.4 is 9.47 Å². The number of nitrogens with zero attached hydrogens (tertiary/aromatic N) is 1. The van der Waals surface area contributed by atoms with Gasteiger partial charge in [0.2, 0.25) is 11.8 Å². The van der Waals surface area contributed by atoms with Gasteiger partial charge < -0.3 is 9.47 Å². The average molecular weight is 566 g/mol. The highest BCUT2D eigenvalue weighted by Crippen LogP contribution is 2.50. The van der Waals surface area contributed by atoms with Crippen molar-refractivity contribution < 1.29 is 22.6 Å². The molecule has 3 unspecified atom stereocenters. The van der Waals surface area contributed by atoms with E-state index >= 15 is 8.78 Å². The van der Waals surface area contributed by atoms with Crippen molar-refractivity contribution in [3.63, 3.8) is 0 Å². The Morgan fingerprint density at radius 3 is 2.46 bits per heavy atom. The van der Waals surface area contributed by atoms with Crippen LogP contribution in [-0.4, -0.2) is 23.6 Å². The number of pyridine rings is 1. The van der Waals surface area contributed by atoms with E-state index in [0.717, 1.165) is 50.4 Å². The molecule has 1 heterocycles. The fourth-order valence-electron chi connectivity index (χ4n) is 5.89. The molecule has 0 N–H and O–H groups in total. The summed E-state index contributed by atoms with van der Waals surface area (Å²) in [5.41, 5.74) is 0.144. The summed E-state index contributed by atoms with van der Waals surface area (Å²) >= 11 is 6.27. The van der Waals surface area contributed by atoms with Gasteiger partial charge >= 0.3 is 0 Å². The fourth-order valence-corrected chi connectivity index (χ4v) is 6.10. The van der Waals surface area contributed by atoms with Gasteiger partial charge in [-0.3, -0.25) is 0 Å². The van der Waals surface area contributed by atoms with Gasteiger partial charge in [-0.05, 0) is 73.6 Å². The lowest BCUT2D eigenvalue weighted by Crippen LogP contribution is -2.32. The van der Waals surface area contributed by atoms with Crippen LogP contribution in [0, 0.1) is 17.8 Å². The van der Waals surface area contributed by atoms with E-state index in [4.69, 9.17) is 21.1 Å². The molecule has 2 aromatic rings. The zero-order chi connectivity index (χ0) is 27.8. The first-order valence-electron chi connectivity index (χ1n) is 14.9. The number of aryl methyl sites for hydroxylation is 1. The summed E-state index contributed by atoms with van der Waals surface area (Å²) in [5.74, 6) is -3.17. The zero-order valence-corrected chi connectivity index (χ0v) is 24.1. The van der Waals surface area contributed by atoms with Crippen molar-refractivity contribution in [2.24, 2.45) is 11.8 Å². The first-order valence-corrected chi connectivity index (χ1v) is 15.3. The van der Waals surface area contributed by atoms with Gasteiger partial charge in [0.05, 0.1) is 23.5 Å². The van der Waals surface area contributed by atoms with Crippen LogP contribution in [0.5, 0.6) is 11.6 Å². The Kier molecular flexibility index (Phi) is 10.9. The first kappa shape index (κ1) is 30.0. The minimum absolute atomic E-state index is 0.0846. The summed E-state index contributed by atoms with van der Waals surface area (Å²) in [6, 6.07) is 8.16. The van der Waals surface area contributed by atoms with Crippen molar-refractivity contribution in [1.29, 1.82) is 0 Å². The minimum Gasteiger partial charge on any atom is -0.492 e. The third-order valence-electron chi connectivity index (χ3n) is 8.37. The van der Waals surface area contributed by atoms with E-state index in [-0.39, 0.29) is 23.2 Å². The monoisotopic (exact) mass is 565 g/mol. The van der Waals surface area contributed by atoms with E-state index in [1.165, 1.54) is 31.7 Å². The van der Waals surface area contributed by atoms with Crippen LogP contribution in [0.25, 0.3) is 0 Å². The second kappa shape index (κ2) is 14.1. The number of aromatic nitrogens is 1. The third-order valence-corrected chi connectivity index (χ3v) is 8.72. The normalized spacial score (nSPS) is 19.8. The number of fused-ring (bicyclic) bond motifs is 1. The van der Waals surface area contributed by atoms with E-state index in [1.54, 1.807) is 24.3 Å². The predicted octanol–water partition coefficient (Wildman–Crippen LogP) is 9.59. The summed E-state index contributed by atoms with van der Waals surface area (Å²) in [5, 5.41) is -0.0846. The maximum absolute atomic E-state index is 15.6. The van der Waals surface area contributed by atoms with Crippen molar-refractivity contribution in [3.8, 4) is 11.6 Å². The molecule has 3 atom stereocenters. The standard InChI is InChI=1S/C32H43ClF3NO2/c1-3-5-10-26(33)21-39-27-16-13-24(14-17-27)28-18-15-25-20-29(37-31(34)30(25)32(28,35)36)38-19-8-6-7-9-22(4-2)23-11-12-23/h13-14,16-17,20,22-23,26,28H,3-12,15,18-19,21H2,1-2H3. The molecule has 2 aliphatic rings. The quantitative estimate of drug-likeness (QED) is 0.115. The number of ether oxygens (including phenoxy) is 2. The topological polar surface area (TPSA) is 31.4 Å². The molecule has 4 rings (SSSR count). The summed E-state index contributed by atoms with van der Waals surface area (Å²) in [7, 11) is 0. The van der Waals surface area contributed by atoms with Gasteiger partial charge in [0.15, 0.2) is 0 Å². The Bertz CT molecular complexity index is 1040. The number of alkyl halides is 3. The highest BCUT2D eigenvalue weighted by atomic mass is 35.5. The summed E-state index contributed by atoms with van der Waals surface area (Å²) in [6.07, 6.45) is 11.9. The Balaban J connectivity index is 1.30. The number of unbranched alkanes of at least 4 members (excludes halogenated alkanes) is 3. The molecule has 0 radical (unpaired) electrons. The van der Waals surface area contributed by atoms with Crippen LogP contribution in [0.15, 0.2) is 30.3 Å². The SMILES string of the molecule is CCCCC(Cl)COc1ccc(C2CCc3cc(OCCCCCC(CC)C4CC4)nc(F)c3C2(F)F)cc1. The number of hydrogen-bond donors (Lipinski definition) is 0. The number of rotatable bonds is 16. The van der Waals surface area contributed by atoms with Gasteiger partial charge in [0, 0.05) is 6.07 Å². The molecule has 0 amide bonds. The first-order chi connectivity index (χ1) is 18.8. The highest BCUT2D eigenvalue weighted by molar-refractivity contribution is 6.20. The molecule has 0 aliphatic heterocycles. The molecule has 3 nitrogen and oxygen atoms in total. The minimum atomic E-state index is -3.37. The molecule has 0 saturated heterocycles. The molecule has 0 spiro atoms. The molecule has 1 fully saturated rings. The molecular weight excluding hydrogens is 523 g/mol. The van der Waals surface area contributed by atoms with Crippen LogP contribution in [0.2, 0.25) is 0 Å². The molecule has 39 heavy (non-hydrogen) atoms. The molecule has 7 heteroatoms. The predicted molar refractivity (Wildman–Crippen MR) is 151 cm³/mol. The molecule has 1 aromatic heterocycles. The Morgan fingerprint density at radius 2 is 1.77 bits per heavy atom. The molecule has 1 saturated carbocycles. The largest absolute Gasteiger partial charge is 0.492 e. The Morgan fingerprint density at radius 1 is 1.00 bits per heavy atom. The van der Waals surface area contributed by atoms with Crippen LogP contribution in [0.3, 0.4) is 0 Å². The lowest BCUT2D eigenvalue weighted by Gasteiger charge is -2.33. The van der Waals surface area contributed by atoms with E-state index in [9.17, 15) is 4.39 Å². The third kappa shape index (κ3) is 8.05. The van der Waals surface area contributed by atoms with Crippen molar-refractivity contribution in [2.45, 2.75) is 108 Å². The summed E-state index contributed by atoms with van der Waals surface area (Å²) in [6.45, 7) is 5.17. The number of halogens is 4. The second-order valence-electron chi connectivity index (χ2n) is 11.3. The summed E-state index contributed by atoms with van der Waals surface area (Å²) in [4.78, 5) is 3.78. The molecule has 2 aliphatic carbocycles. The number of hydrogen-bond acceptors (Lipinski definition) is 3. The zero-order valence-electron chi connectivity index (χ0n) is 23.4. The van der Waals surface area contributed by atoms with E-state index in [2.05, 4.69) is 18.8 Å². The smallest absolute Gasteiger partial charge is 0.284 e. The van der Waals surface area contributed by atoms with Gasteiger partial charge in [0.25, 0.3) is 5.92 Å². The van der Waals surface area contributed by atoms with Crippen LogP contribution in [-0.2, 0) is 12.3 Å². The molecular formula is C32H43ClF3NO2. The van der Waals surface area contributed by atoms with E-state index < -0.39 is 23.4 Å². The van der Waals surface area contributed by atoms with Crippen LogP contribution >= 0.6 is 11.6 Å². The van der Waals surface area contributed by atoms with Crippen molar-refractivity contribution in [1.82, 2.24) is 4.98 Å². The van der Waals surface area contributed by atoms with E-state index in [0.29, 0.717) is 30.9 Å². The van der Waals surface area contributed by atoms with Crippen molar-refractivity contribution in [2.75, 3.05) is 13.2 Å². The van der Waals surface area contributed by atoms with Crippen LogP contribution in [0.4, 0.5) is 13.2 Å². The number of benzene rings is 1. The van der Waals surface area contributed by atoms with Gasteiger partial charge in [-0.2, -0.15) is 9.37 Å². The van der Waals surface area contributed by atoms with Gasteiger partial charge in [-0.15, -0.1) is 11.6 Å². The molecule has 216 valence electrons. The van der Waals surface area contributed by atoms with Crippen LogP contribution in [0.1, 0.15) is 107 Å². The maximum Gasteiger partial charge on any atom is 0.284 e. The van der Waals surface area contributed by atoms with Gasteiger partial charge in [0.1, 0.15) is 12.4 Å². The van der Waals surface area contributed by atoms with Gasteiger partial charge in [-0.25, -0.2) is 8.78 Å². The average Bonchev–Trinajstić information content (AvgIpc) is 3.76. The lowest BCUT2D eigenvalue weighted by molar-refractivity contribution is -0.0475. The summed E-state index contributed by atoms with van der Waals surface area (Å²) < 4.78 is 57.6. The van der Waals surface area contributed by atoms with Gasteiger partial charge in [-0.1, -0.05) is 64.5 Å². The fraction of sp³-hybridized carbons (Fsp3) is 0.656. The molecule has 1 aromatic carbocycles. The Hall–Kier alpha value is -1.95. The Labute approximate surface area is 236 Å². The van der Waals surface area contributed by atoms with E-state index in [1.807, 2.05) is 0 Å². The second-order valence-corrected chi connectivity index (χ2v) is 11.9. The van der Waals surface area contributed by atoms with Crippen molar-refractivity contribution >= 4 is 11.6 Å². The maximum atomic E-state index is 15.6. The highest BCUT2D eigenvalue weighted by Gasteiger charge is 2.49. The van der Waals surface area contributed by atoms with Crippen molar-refractivity contribution in [3.05, 3.63) is 53.0 Å².